The van der Waals surface area contributed by atoms with Crippen LogP contribution in [0.25, 0.3) is 10.9 Å². The molecule has 0 bridgehead atoms. The van der Waals surface area contributed by atoms with E-state index in [0.29, 0.717) is 11.8 Å². The van der Waals surface area contributed by atoms with Crippen LogP contribution in [0.3, 0.4) is 0 Å². The van der Waals surface area contributed by atoms with Gasteiger partial charge in [-0.1, -0.05) is 6.42 Å². The van der Waals surface area contributed by atoms with E-state index >= 15 is 0 Å². The van der Waals surface area contributed by atoms with Gasteiger partial charge in [-0.15, -0.1) is 0 Å². The van der Waals surface area contributed by atoms with Crippen LogP contribution in [0.1, 0.15) is 19.3 Å². The smallest absolute Gasteiger partial charge is 0.225 e. The van der Waals surface area contributed by atoms with Crippen molar-refractivity contribution in [2.24, 2.45) is 5.92 Å². The minimum atomic E-state index is 0.310. The Morgan fingerprint density at radius 2 is 1.95 bits per heavy atom. The Labute approximate surface area is 130 Å². The number of carbonyl (C=O) groups is 1. The molecule has 2 aromatic rings. The highest BCUT2D eigenvalue weighted by Crippen LogP contribution is 2.29. The second-order valence-electron chi connectivity index (χ2n) is 6.21. The molecule has 1 aromatic carbocycles. The molecule has 2 aliphatic rings. The maximum absolute atomic E-state index is 12.3. The van der Waals surface area contributed by atoms with E-state index in [0.717, 1.165) is 49.9 Å². The Kier molecular flexibility index (Phi) is 3.41. The Hall–Kier alpha value is -2.17. The summed E-state index contributed by atoms with van der Waals surface area (Å²) < 4.78 is 0. The van der Waals surface area contributed by atoms with Crippen molar-refractivity contribution in [3.8, 4) is 0 Å². The molecule has 114 valence electrons. The van der Waals surface area contributed by atoms with Gasteiger partial charge in [0.25, 0.3) is 0 Å². The second-order valence-corrected chi connectivity index (χ2v) is 6.21. The van der Waals surface area contributed by atoms with Gasteiger partial charge >= 0.3 is 0 Å². The SMILES string of the molecule is O=C(C1CCC1)N1CCN(c2ccc3ncncc3c2)CC1. The van der Waals surface area contributed by atoms with Crippen LogP contribution < -0.4 is 4.90 Å². The van der Waals surface area contributed by atoms with Gasteiger partial charge in [-0.3, -0.25) is 4.79 Å². The van der Waals surface area contributed by atoms with Gasteiger partial charge in [-0.05, 0) is 31.0 Å². The summed E-state index contributed by atoms with van der Waals surface area (Å²) in [6.45, 7) is 3.46. The Morgan fingerprint density at radius 1 is 1.14 bits per heavy atom. The van der Waals surface area contributed by atoms with Gasteiger partial charge in [0, 0.05) is 49.4 Å². The van der Waals surface area contributed by atoms with Gasteiger partial charge < -0.3 is 9.80 Å². The number of piperazine rings is 1. The average Bonchev–Trinajstić information content (AvgIpc) is 2.53. The zero-order chi connectivity index (χ0) is 14.9. The third-order valence-corrected chi connectivity index (χ3v) is 4.90. The second kappa shape index (κ2) is 5.55. The fourth-order valence-electron chi connectivity index (χ4n) is 3.27. The topological polar surface area (TPSA) is 49.3 Å². The Bertz CT molecular complexity index is 690. The number of amides is 1. The lowest BCUT2D eigenvalue weighted by Crippen LogP contribution is -2.51. The standard InChI is InChI=1S/C17H20N4O/c22-17(13-2-1-3-13)21-8-6-20(7-9-21)15-4-5-16-14(10-15)11-18-12-19-16/h4-5,10-13H,1-3,6-9H2. The normalized spacial score (nSPS) is 19.3. The molecule has 0 unspecified atom stereocenters. The Morgan fingerprint density at radius 3 is 2.68 bits per heavy atom. The molecule has 0 radical (unpaired) electrons. The molecule has 2 heterocycles. The first-order valence-corrected chi connectivity index (χ1v) is 8.05. The molecule has 1 aliphatic heterocycles. The number of rotatable bonds is 2. The Balaban J connectivity index is 1.44. The van der Waals surface area contributed by atoms with Crippen LogP contribution in [-0.4, -0.2) is 47.0 Å². The van der Waals surface area contributed by atoms with E-state index in [-0.39, 0.29) is 0 Å². The summed E-state index contributed by atoms with van der Waals surface area (Å²) in [5.41, 5.74) is 2.16. The monoisotopic (exact) mass is 296 g/mol. The minimum absolute atomic E-state index is 0.310. The molecule has 4 rings (SSSR count). The van der Waals surface area contributed by atoms with E-state index in [9.17, 15) is 4.79 Å². The number of aromatic nitrogens is 2. The maximum Gasteiger partial charge on any atom is 0.225 e. The lowest BCUT2D eigenvalue weighted by atomic mass is 9.84. The molecular formula is C17H20N4O. The molecule has 1 saturated carbocycles. The molecule has 1 aliphatic carbocycles. The van der Waals surface area contributed by atoms with Crippen molar-refractivity contribution < 1.29 is 4.79 Å². The zero-order valence-corrected chi connectivity index (χ0v) is 12.6. The van der Waals surface area contributed by atoms with Gasteiger partial charge in [0.1, 0.15) is 6.33 Å². The summed E-state index contributed by atoms with van der Waals surface area (Å²) in [5.74, 6) is 0.683. The van der Waals surface area contributed by atoms with Gasteiger partial charge in [-0.2, -0.15) is 0 Å². The summed E-state index contributed by atoms with van der Waals surface area (Å²) >= 11 is 0. The fourth-order valence-corrected chi connectivity index (χ4v) is 3.27. The summed E-state index contributed by atoms with van der Waals surface area (Å²) in [5, 5.41) is 1.06. The number of benzene rings is 1. The predicted molar refractivity (Wildman–Crippen MR) is 85.7 cm³/mol. The third-order valence-electron chi connectivity index (χ3n) is 4.90. The van der Waals surface area contributed by atoms with Crippen LogP contribution >= 0.6 is 0 Å². The molecule has 0 N–H and O–H groups in total. The van der Waals surface area contributed by atoms with Gasteiger partial charge in [-0.25, -0.2) is 9.97 Å². The fraction of sp³-hybridized carbons (Fsp3) is 0.471. The molecule has 1 aromatic heterocycles. The quantitative estimate of drug-likeness (QED) is 0.851. The molecule has 5 heteroatoms. The zero-order valence-electron chi connectivity index (χ0n) is 12.6. The summed E-state index contributed by atoms with van der Waals surface area (Å²) in [6.07, 6.45) is 6.82. The van der Waals surface area contributed by atoms with Crippen molar-refractivity contribution in [1.82, 2.24) is 14.9 Å². The van der Waals surface area contributed by atoms with Crippen molar-refractivity contribution in [2.75, 3.05) is 31.1 Å². The molecule has 2 fully saturated rings. The first-order valence-electron chi connectivity index (χ1n) is 8.05. The lowest BCUT2D eigenvalue weighted by Gasteiger charge is -2.39. The van der Waals surface area contributed by atoms with Crippen LogP contribution in [0.15, 0.2) is 30.7 Å². The average molecular weight is 296 g/mol. The molecular weight excluding hydrogens is 276 g/mol. The molecule has 0 atom stereocenters. The van der Waals surface area contributed by atoms with Crippen molar-refractivity contribution >= 4 is 22.5 Å². The van der Waals surface area contributed by atoms with Crippen LogP contribution in [0, 0.1) is 5.92 Å². The minimum Gasteiger partial charge on any atom is -0.368 e. The molecule has 0 spiro atoms. The first kappa shape index (κ1) is 13.5. The van der Waals surface area contributed by atoms with Crippen molar-refractivity contribution in [2.45, 2.75) is 19.3 Å². The number of fused-ring (bicyclic) bond motifs is 1. The third kappa shape index (κ3) is 2.40. The van der Waals surface area contributed by atoms with Crippen LogP contribution in [-0.2, 0) is 4.79 Å². The van der Waals surface area contributed by atoms with E-state index in [1.165, 1.54) is 12.1 Å². The number of hydrogen-bond acceptors (Lipinski definition) is 4. The van der Waals surface area contributed by atoms with Crippen LogP contribution in [0.2, 0.25) is 0 Å². The van der Waals surface area contributed by atoms with Crippen molar-refractivity contribution in [1.29, 1.82) is 0 Å². The molecule has 1 saturated heterocycles. The summed E-state index contributed by atoms with van der Waals surface area (Å²) in [7, 11) is 0. The highest BCUT2D eigenvalue weighted by atomic mass is 16.2. The largest absolute Gasteiger partial charge is 0.368 e. The van der Waals surface area contributed by atoms with Crippen LogP contribution in [0.4, 0.5) is 5.69 Å². The van der Waals surface area contributed by atoms with Crippen LogP contribution in [0.5, 0.6) is 0 Å². The summed E-state index contributed by atoms with van der Waals surface area (Å²) in [4.78, 5) is 25.0. The molecule has 5 nitrogen and oxygen atoms in total. The van der Waals surface area contributed by atoms with E-state index in [1.807, 2.05) is 17.2 Å². The van der Waals surface area contributed by atoms with Gasteiger partial charge in [0.05, 0.1) is 5.52 Å². The number of carbonyl (C=O) groups excluding carboxylic acids is 1. The predicted octanol–water partition coefficient (Wildman–Crippen LogP) is 2.08. The molecule has 1 amide bonds. The van der Waals surface area contributed by atoms with E-state index in [1.54, 1.807) is 6.33 Å². The van der Waals surface area contributed by atoms with E-state index < -0.39 is 0 Å². The highest BCUT2D eigenvalue weighted by molar-refractivity contribution is 5.82. The maximum atomic E-state index is 12.3. The first-order chi connectivity index (χ1) is 10.8. The lowest BCUT2D eigenvalue weighted by molar-refractivity contribution is -0.138. The highest BCUT2D eigenvalue weighted by Gasteiger charge is 2.31. The van der Waals surface area contributed by atoms with E-state index in [4.69, 9.17) is 0 Å². The van der Waals surface area contributed by atoms with E-state index in [2.05, 4.69) is 27.0 Å². The van der Waals surface area contributed by atoms with Crippen molar-refractivity contribution in [3.05, 3.63) is 30.7 Å². The van der Waals surface area contributed by atoms with Gasteiger partial charge in [0.15, 0.2) is 0 Å². The summed E-state index contributed by atoms with van der Waals surface area (Å²) in [6, 6.07) is 6.29. The molecule has 22 heavy (non-hydrogen) atoms. The number of nitrogens with zero attached hydrogens (tertiary/aromatic N) is 4. The number of hydrogen-bond donors (Lipinski definition) is 0. The van der Waals surface area contributed by atoms with Crippen molar-refractivity contribution in [3.63, 3.8) is 0 Å². The van der Waals surface area contributed by atoms with Gasteiger partial charge in [0.2, 0.25) is 5.91 Å². The number of anilines is 1.